The van der Waals surface area contributed by atoms with Gasteiger partial charge in [0, 0.05) is 25.2 Å². The van der Waals surface area contributed by atoms with Crippen LogP contribution in [-0.4, -0.2) is 37.1 Å². The van der Waals surface area contributed by atoms with Crippen molar-refractivity contribution >= 4 is 0 Å². The molecule has 0 unspecified atom stereocenters. The highest BCUT2D eigenvalue weighted by atomic mass is 15.2. The molecule has 1 aliphatic heterocycles. The monoisotopic (exact) mass is 154 g/mol. The van der Waals surface area contributed by atoms with E-state index in [1.165, 1.54) is 38.8 Å². The third-order valence-corrected chi connectivity index (χ3v) is 3.17. The van der Waals surface area contributed by atoms with Crippen molar-refractivity contribution in [3.05, 3.63) is 0 Å². The number of rotatable bonds is 0. The highest BCUT2D eigenvalue weighted by Gasteiger charge is 2.30. The van der Waals surface area contributed by atoms with Crippen LogP contribution in [0.2, 0.25) is 0 Å². The Morgan fingerprint density at radius 2 is 2.09 bits per heavy atom. The van der Waals surface area contributed by atoms with Crippen LogP contribution in [0.3, 0.4) is 0 Å². The fraction of sp³-hybridized carbons (Fsp3) is 1.00. The Bertz CT molecular complexity index is 134. The maximum atomic E-state index is 3.61. The first kappa shape index (κ1) is 7.56. The Balaban J connectivity index is 1.99. The predicted molar refractivity (Wildman–Crippen MR) is 46.7 cm³/mol. The molecule has 1 aliphatic carbocycles. The number of hydrogen-bond acceptors (Lipinski definition) is 2. The number of fused-ring (bicyclic) bond motifs is 1. The van der Waals surface area contributed by atoms with E-state index in [1.54, 1.807) is 0 Å². The van der Waals surface area contributed by atoms with Gasteiger partial charge in [-0.3, -0.25) is 0 Å². The van der Waals surface area contributed by atoms with Gasteiger partial charge in [-0.2, -0.15) is 0 Å². The number of hydrogen-bond donors (Lipinski definition) is 1. The Labute approximate surface area is 69.0 Å². The van der Waals surface area contributed by atoms with Crippen molar-refractivity contribution in [2.75, 3.05) is 20.1 Å². The standard InChI is InChI=1S/C9H18N2/c1-11-7-6-10-8-4-2-3-5-9(8)11/h8-10H,2-7H2,1H3/t8-,9-/m1/s1. The zero-order valence-electron chi connectivity index (χ0n) is 7.34. The molecule has 2 rings (SSSR count). The molecule has 1 N–H and O–H groups in total. The highest BCUT2D eigenvalue weighted by Crippen LogP contribution is 2.23. The largest absolute Gasteiger partial charge is 0.311 e. The Morgan fingerprint density at radius 1 is 1.27 bits per heavy atom. The second-order valence-electron chi connectivity index (χ2n) is 3.89. The Kier molecular flexibility index (Phi) is 2.14. The summed E-state index contributed by atoms with van der Waals surface area (Å²) in [6, 6.07) is 1.65. The molecular weight excluding hydrogens is 136 g/mol. The fourth-order valence-corrected chi connectivity index (χ4v) is 2.47. The SMILES string of the molecule is CN1CCN[C@@H]2CCCC[C@H]21. The van der Waals surface area contributed by atoms with Crippen molar-refractivity contribution in [3.8, 4) is 0 Å². The number of nitrogens with one attached hydrogen (secondary N) is 1. The van der Waals surface area contributed by atoms with Crippen LogP contribution in [0.4, 0.5) is 0 Å². The van der Waals surface area contributed by atoms with E-state index in [1.807, 2.05) is 0 Å². The molecule has 0 aromatic rings. The lowest BCUT2D eigenvalue weighted by Crippen LogP contribution is -2.57. The molecule has 1 saturated heterocycles. The van der Waals surface area contributed by atoms with Crippen molar-refractivity contribution in [2.24, 2.45) is 0 Å². The molecule has 2 fully saturated rings. The molecule has 1 heterocycles. The lowest BCUT2D eigenvalue weighted by atomic mass is 9.88. The maximum absolute atomic E-state index is 3.61. The summed E-state index contributed by atoms with van der Waals surface area (Å²) in [4.78, 5) is 2.53. The second-order valence-corrected chi connectivity index (χ2v) is 3.89. The summed E-state index contributed by atoms with van der Waals surface area (Å²) in [5.41, 5.74) is 0. The van der Waals surface area contributed by atoms with Gasteiger partial charge in [0.25, 0.3) is 0 Å². The molecule has 0 spiro atoms. The van der Waals surface area contributed by atoms with Gasteiger partial charge in [0.15, 0.2) is 0 Å². The third-order valence-electron chi connectivity index (χ3n) is 3.17. The molecule has 1 saturated carbocycles. The molecule has 2 aliphatic rings. The van der Waals surface area contributed by atoms with Gasteiger partial charge in [0.2, 0.25) is 0 Å². The maximum Gasteiger partial charge on any atom is 0.0246 e. The molecule has 2 nitrogen and oxygen atoms in total. The zero-order valence-corrected chi connectivity index (χ0v) is 7.34. The van der Waals surface area contributed by atoms with E-state index in [0.717, 1.165) is 12.1 Å². The molecule has 0 radical (unpaired) electrons. The predicted octanol–water partition coefficient (Wildman–Crippen LogP) is 0.833. The van der Waals surface area contributed by atoms with Crippen LogP contribution in [-0.2, 0) is 0 Å². The normalized spacial score (nSPS) is 40.1. The van der Waals surface area contributed by atoms with E-state index in [2.05, 4.69) is 17.3 Å². The van der Waals surface area contributed by atoms with Crippen LogP contribution in [0, 0.1) is 0 Å². The lowest BCUT2D eigenvalue weighted by molar-refractivity contribution is 0.114. The first-order valence-corrected chi connectivity index (χ1v) is 4.81. The van der Waals surface area contributed by atoms with Crippen molar-refractivity contribution in [1.29, 1.82) is 0 Å². The lowest BCUT2D eigenvalue weighted by Gasteiger charge is -2.42. The highest BCUT2D eigenvalue weighted by molar-refractivity contribution is 4.90. The fourth-order valence-electron chi connectivity index (χ4n) is 2.47. The van der Waals surface area contributed by atoms with Gasteiger partial charge in [-0.1, -0.05) is 12.8 Å². The van der Waals surface area contributed by atoms with Crippen LogP contribution in [0.25, 0.3) is 0 Å². The van der Waals surface area contributed by atoms with Crippen LogP contribution < -0.4 is 5.32 Å². The summed E-state index contributed by atoms with van der Waals surface area (Å²) >= 11 is 0. The minimum absolute atomic E-state index is 0.808. The average molecular weight is 154 g/mol. The smallest absolute Gasteiger partial charge is 0.0246 e. The van der Waals surface area contributed by atoms with Gasteiger partial charge >= 0.3 is 0 Å². The quantitative estimate of drug-likeness (QED) is 0.556. The third kappa shape index (κ3) is 1.42. The van der Waals surface area contributed by atoms with Gasteiger partial charge in [0.05, 0.1) is 0 Å². The molecule has 0 amide bonds. The van der Waals surface area contributed by atoms with Crippen molar-refractivity contribution in [3.63, 3.8) is 0 Å². The summed E-state index contributed by atoms with van der Waals surface area (Å²) < 4.78 is 0. The molecule has 0 bridgehead atoms. The van der Waals surface area contributed by atoms with Gasteiger partial charge in [-0.05, 0) is 19.9 Å². The first-order chi connectivity index (χ1) is 5.38. The Morgan fingerprint density at radius 3 is 2.91 bits per heavy atom. The summed E-state index contributed by atoms with van der Waals surface area (Å²) in [6.07, 6.45) is 5.68. The number of likely N-dealkylation sites (N-methyl/N-ethyl adjacent to an activating group) is 1. The van der Waals surface area contributed by atoms with E-state index in [4.69, 9.17) is 0 Å². The van der Waals surface area contributed by atoms with E-state index in [0.29, 0.717) is 0 Å². The van der Waals surface area contributed by atoms with Gasteiger partial charge in [-0.15, -0.1) is 0 Å². The van der Waals surface area contributed by atoms with Crippen molar-refractivity contribution in [1.82, 2.24) is 10.2 Å². The Hall–Kier alpha value is -0.0800. The number of nitrogens with zero attached hydrogens (tertiary/aromatic N) is 1. The van der Waals surface area contributed by atoms with E-state index in [-0.39, 0.29) is 0 Å². The van der Waals surface area contributed by atoms with Crippen LogP contribution in [0.15, 0.2) is 0 Å². The molecule has 0 aromatic carbocycles. The van der Waals surface area contributed by atoms with Crippen LogP contribution in [0.1, 0.15) is 25.7 Å². The van der Waals surface area contributed by atoms with Crippen molar-refractivity contribution in [2.45, 2.75) is 37.8 Å². The van der Waals surface area contributed by atoms with Crippen molar-refractivity contribution < 1.29 is 0 Å². The molecule has 11 heavy (non-hydrogen) atoms. The second kappa shape index (κ2) is 3.11. The van der Waals surface area contributed by atoms with Gasteiger partial charge in [-0.25, -0.2) is 0 Å². The molecule has 2 heteroatoms. The molecule has 2 atom stereocenters. The molecule has 64 valence electrons. The minimum Gasteiger partial charge on any atom is -0.311 e. The topological polar surface area (TPSA) is 15.3 Å². The molecular formula is C9H18N2. The molecule has 0 aromatic heterocycles. The number of piperazine rings is 1. The average Bonchev–Trinajstić information content (AvgIpc) is 2.06. The summed E-state index contributed by atoms with van der Waals surface area (Å²) in [6.45, 7) is 2.43. The van der Waals surface area contributed by atoms with E-state index in [9.17, 15) is 0 Å². The van der Waals surface area contributed by atoms with Gasteiger partial charge in [0.1, 0.15) is 0 Å². The summed E-state index contributed by atoms with van der Waals surface area (Å²) in [7, 11) is 2.27. The summed E-state index contributed by atoms with van der Waals surface area (Å²) in [5, 5.41) is 3.61. The van der Waals surface area contributed by atoms with Crippen LogP contribution in [0.5, 0.6) is 0 Å². The van der Waals surface area contributed by atoms with Crippen LogP contribution >= 0.6 is 0 Å². The van der Waals surface area contributed by atoms with E-state index < -0.39 is 0 Å². The summed E-state index contributed by atoms with van der Waals surface area (Å²) in [5.74, 6) is 0. The first-order valence-electron chi connectivity index (χ1n) is 4.81. The van der Waals surface area contributed by atoms with Gasteiger partial charge < -0.3 is 10.2 Å². The minimum atomic E-state index is 0.808. The zero-order chi connectivity index (χ0) is 7.68. The van der Waals surface area contributed by atoms with E-state index >= 15 is 0 Å².